The number of sulfonamides is 1. The van der Waals surface area contributed by atoms with E-state index >= 15 is 0 Å². The molecule has 1 fully saturated rings. The van der Waals surface area contributed by atoms with Crippen LogP contribution in [-0.2, 0) is 29.1 Å². The van der Waals surface area contributed by atoms with Gasteiger partial charge in [0.1, 0.15) is 0 Å². The van der Waals surface area contributed by atoms with Crippen molar-refractivity contribution in [1.82, 2.24) is 4.90 Å². The molecule has 10 heteroatoms. The second-order valence-electron chi connectivity index (χ2n) is 6.82. The van der Waals surface area contributed by atoms with Crippen LogP contribution in [-0.4, -0.2) is 50.8 Å². The highest BCUT2D eigenvalue weighted by atomic mass is 32.2. The molecule has 0 atom stereocenters. The van der Waals surface area contributed by atoms with Crippen LogP contribution in [0, 0.1) is 5.92 Å². The lowest BCUT2D eigenvalue weighted by molar-refractivity contribution is -0.141. The number of hydrogen-bond donors (Lipinski definition) is 2. The number of esters is 1. The first-order valence-corrected chi connectivity index (χ1v) is 10.7. The lowest BCUT2D eigenvalue weighted by Gasteiger charge is -2.31. The van der Waals surface area contributed by atoms with E-state index in [4.69, 9.17) is 9.88 Å². The second-order valence-corrected chi connectivity index (χ2v) is 8.38. The van der Waals surface area contributed by atoms with Crippen molar-refractivity contribution >= 4 is 33.5 Å². The van der Waals surface area contributed by atoms with E-state index in [9.17, 15) is 22.8 Å². The lowest BCUT2D eigenvalue weighted by Crippen LogP contribution is -2.42. The maximum absolute atomic E-state index is 12.4. The third-order valence-corrected chi connectivity index (χ3v) is 5.54. The first-order chi connectivity index (χ1) is 13.6. The van der Waals surface area contributed by atoms with Gasteiger partial charge in [0, 0.05) is 43.6 Å². The van der Waals surface area contributed by atoms with Gasteiger partial charge in [-0.1, -0.05) is 6.58 Å². The van der Waals surface area contributed by atoms with Crippen LogP contribution >= 0.6 is 0 Å². The first kappa shape index (κ1) is 22.6. The van der Waals surface area contributed by atoms with Crippen molar-refractivity contribution < 1.29 is 27.5 Å². The molecule has 1 aromatic rings. The zero-order valence-electron chi connectivity index (χ0n) is 16.2. The molecule has 1 heterocycles. The SMILES string of the molecule is C=C(CCOC(C)=O)C(=O)N1CCC(C(=O)Nc2ccc(S(N)(=O)=O)cc2)CC1. The molecule has 29 heavy (non-hydrogen) atoms. The number of rotatable bonds is 7. The fraction of sp³-hybridized carbons (Fsp3) is 0.421. The van der Waals surface area contributed by atoms with Crippen molar-refractivity contribution in [2.75, 3.05) is 25.0 Å². The van der Waals surface area contributed by atoms with Gasteiger partial charge in [-0.2, -0.15) is 0 Å². The normalized spacial score (nSPS) is 14.9. The second kappa shape index (κ2) is 9.66. The molecule has 1 aliphatic rings. The summed E-state index contributed by atoms with van der Waals surface area (Å²) in [7, 11) is -3.78. The van der Waals surface area contributed by atoms with E-state index in [-0.39, 0.29) is 35.7 Å². The number of carbonyl (C=O) groups excluding carboxylic acids is 3. The number of nitrogens with two attached hydrogens (primary N) is 1. The summed E-state index contributed by atoms with van der Waals surface area (Å²) in [5.74, 6) is -1.05. The van der Waals surface area contributed by atoms with E-state index in [1.54, 1.807) is 4.90 Å². The average Bonchev–Trinajstić information content (AvgIpc) is 2.67. The number of hydrogen-bond acceptors (Lipinski definition) is 6. The van der Waals surface area contributed by atoms with Gasteiger partial charge in [0.25, 0.3) is 0 Å². The minimum Gasteiger partial charge on any atom is -0.466 e. The van der Waals surface area contributed by atoms with Crippen LogP contribution < -0.4 is 10.5 Å². The highest BCUT2D eigenvalue weighted by Gasteiger charge is 2.28. The van der Waals surface area contributed by atoms with Crippen LogP contribution in [0.1, 0.15) is 26.2 Å². The monoisotopic (exact) mass is 423 g/mol. The average molecular weight is 423 g/mol. The van der Waals surface area contributed by atoms with Gasteiger partial charge >= 0.3 is 5.97 Å². The Morgan fingerprint density at radius 2 is 1.79 bits per heavy atom. The van der Waals surface area contributed by atoms with E-state index in [1.807, 2.05) is 0 Å². The first-order valence-electron chi connectivity index (χ1n) is 9.12. The van der Waals surface area contributed by atoms with Gasteiger partial charge in [-0.05, 0) is 37.1 Å². The number of anilines is 1. The standard InChI is InChI=1S/C19H25N3O6S/c1-13(9-12-28-14(2)23)19(25)22-10-7-15(8-11-22)18(24)21-16-3-5-17(6-4-16)29(20,26)27/h3-6,15H,1,7-12H2,2H3,(H,21,24)(H2,20,26,27). The Morgan fingerprint density at radius 3 is 2.31 bits per heavy atom. The molecule has 0 aromatic heterocycles. The summed E-state index contributed by atoms with van der Waals surface area (Å²) in [6.45, 7) is 6.01. The minimum atomic E-state index is -3.78. The molecule has 0 aliphatic carbocycles. The molecule has 158 valence electrons. The van der Waals surface area contributed by atoms with Gasteiger partial charge in [-0.25, -0.2) is 13.6 Å². The van der Waals surface area contributed by atoms with Crippen molar-refractivity contribution in [2.45, 2.75) is 31.1 Å². The summed E-state index contributed by atoms with van der Waals surface area (Å²) < 4.78 is 27.3. The summed E-state index contributed by atoms with van der Waals surface area (Å²) in [6, 6.07) is 5.61. The Hall–Kier alpha value is -2.72. The molecular formula is C19H25N3O6S. The molecule has 2 rings (SSSR count). The zero-order valence-corrected chi connectivity index (χ0v) is 17.0. The smallest absolute Gasteiger partial charge is 0.302 e. The molecule has 9 nitrogen and oxygen atoms in total. The third kappa shape index (κ3) is 6.68. The van der Waals surface area contributed by atoms with Crippen LogP contribution in [0.5, 0.6) is 0 Å². The molecule has 1 saturated heterocycles. The molecule has 1 aromatic carbocycles. The van der Waals surface area contributed by atoms with Crippen molar-refractivity contribution in [3.05, 3.63) is 36.4 Å². The van der Waals surface area contributed by atoms with E-state index in [2.05, 4.69) is 11.9 Å². The Balaban J connectivity index is 1.82. The van der Waals surface area contributed by atoms with E-state index < -0.39 is 16.0 Å². The molecular weight excluding hydrogens is 398 g/mol. The van der Waals surface area contributed by atoms with Gasteiger partial charge < -0.3 is 15.0 Å². The number of piperidine rings is 1. The fourth-order valence-corrected chi connectivity index (χ4v) is 3.48. The summed E-state index contributed by atoms with van der Waals surface area (Å²) in [6.07, 6.45) is 1.28. The molecule has 0 saturated carbocycles. The Bertz CT molecular complexity index is 887. The number of benzene rings is 1. The number of ether oxygens (including phenoxy) is 1. The Kier molecular flexibility index (Phi) is 7.52. The van der Waals surface area contributed by atoms with E-state index in [0.29, 0.717) is 37.2 Å². The minimum absolute atomic E-state index is 0.0312. The van der Waals surface area contributed by atoms with E-state index in [0.717, 1.165) is 0 Å². The third-order valence-electron chi connectivity index (χ3n) is 4.61. The van der Waals surface area contributed by atoms with Crippen molar-refractivity contribution in [3.8, 4) is 0 Å². The molecule has 0 unspecified atom stereocenters. The summed E-state index contributed by atoms with van der Waals surface area (Å²) in [5.41, 5.74) is 0.837. The molecule has 2 amide bonds. The molecule has 0 bridgehead atoms. The van der Waals surface area contributed by atoms with Crippen LogP contribution in [0.4, 0.5) is 5.69 Å². The van der Waals surface area contributed by atoms with Crippen LogP contribution in [0.25, 0.3) is 0 Å². The van der Waals surface area contributed by atoms with Crippen molar-refractivity contribution in [2.24, 2.45) is 11.1 Å². The van der Waals surface area contributed by atoms with Gasteiger partial charge in [0.15, 0.2) is 0 Å². The molecule has 0 radical (unpaired) electrons. The van der Waals surface area contributed by atoms with Gasteiger partial charge in [0.2, 0.25) is 21.8 Å². The summed E-state index contributed by atoms with van der Waals surface area (Å²) >= 11 is 0. The predicted octanol–water partition coefficient (Wildman–Crippen LogP) is 1.02. The highest BCUT2D eigenvalue weighted by Crippen LogP contribution is 2.21. The quantitative estimate of drug-likeness (QED) is 0.496. The van der Waals surface area contributed by atoms with Crippen LogP contribution in [0.3, 0.4) is 0 Å². The Morgan fingerprint density at radius 1 is 1.21 bits per heavy atom. The lowest BCUT2D eigenvalue weighted by atomic mass is 9.95. The van der Waals surface area contributed by atoms with Crippen molar-refractivity contribution in [1.29, 1.82) is 0 Å². The van der Waals surface area contributed by atoms with Crippen molar-refractivity contribution in [3.63, 3.8) is 0 Å². The molecule has 3 N–H and O–H groups in total. The topological polar surface area (TPSA) is 136 Å². The number of nitrogens with zero attached hydrogens (tertiary/aromatic N) is 1. The summed E-state index contributed by atoms with van der Waals surface area (Å²) in [5, 5.41) is 7.80. The van der Waals surface area contributed by atoms with Gasteiger partial charge in [0.05, 0.1) is 11.5 Å². The number of primary sulfonamides is 1. The van der Waals surface area contributed by atoms with E-state index in [1.165, 1.54) is 31.2 Å². The highest BCUT2D eigenvalue weighted by molar-refractivity contribution is 7.89. The number of amides is 2. The number of likely N-dealkylation sites (tertiary alicyclic amines) is 1. The Labute approximate surface area is 169 Å². The predicted molar refractivity (Wildman–Crippen MR) is 106 cm³/mol. The fourth-order valence-electron chi connectivity index (χ4n) is 2.97. The zero-order chi connectivity index (χ0) is 21.6. The summed E-state index contributed by atoms with van der Waals surface area (Å²) in [4.78, 5) is 37.2. The molecule has 0 spiro atoms. The maximum Gasteiger partial charge on any atom is 0.302 e. The van der Waals surface area contributed by atoms with Gasteiger partial charge in [-0.3, -0.25) is 14.4 Å². The van der Waals surface area contributed by atoms with Gasteiger partial charge in [-0.15, -0.1) is 0 Å². The largest absolute Gasteiger partial charge is 0.466 e. The van der Waals surface area contributed by atoms with Crippen LogP contribution in [0.15, 0.2) is 41.3 Å². The maximum atomic E-state index is 12.4. The van der Waals surface area contributed by atoms with Crippen LogP contribution in [0.2, 0.25) is 0 Å². The number of carbonyl (C=O) groups is 3. The molecule has 1 aliphatic heterocycles. The number of nitrogens with one attached hydrogen (secondary N) is 1.